The Kier molecular flexibility index (Phi) is 6.23. The van der Waals surface area contributed by atoms with E-state index in [2.05, 4.69) is 10.0 Å². The van der Waals surface area contributed by atoms with Gasteiger partial charge in [-0.05, 0) is 43.3 Å². The quantitative estimate of drug-likeness (QED) is 0.731. The van der Waals surface area contributed by atoms with Crippen LogP contribution in [0, 0.1) is 0 Å². The fourth-order valence-corrected chi connectivity index (χ4v) is 2.76. The zero-order chi connectivity index (χ0) is 19.3. The lowest BCUT2D eigenvalue weighted by Crippen LogP contribution is -2.30. The maximum atomic E-state index is 12.2. The summed E-state index contributed by atoms with van der Waals surface area (Å²) < 4.78 is 29.9. The van der Waals surface area contributed by atoms with Gasteiger partial charge in [0.1, 0.15) is 0 Å². The van der Waals surface area contributed by atoms with Gasteiger partial charge in [-0.2, -0.15) is 0 Å². The van der Waals surface area contributed by atoms with Crippen molar-refractivity contribution in [2.75, 3.05) is 16.3 Å². The number of amides is 1. The van der Waals surface area contributed by atoms with Crippen LogP contribution in [-0.4, -0.2) is 32.7 Å². The second-order valence-electron chi connectivity index (χ2n) is 5.50. The Labute approximate surface area is 156 Å². The Morgan fingerprint density at radius 3 is 2.38 bits per heavy atom. The van der Waals surface area contributed by atoms with E-state index in [0.29, 0.717) is 10.7 Å². The van der Waals surface area contributed by atoms with Crippen LogP contribution in [-0.2, 0) is 19.6 Å². The number of sulfonamides is 1. The highest BCUT2D eigenvalue weighted by Crippen LogP contribution is 2.16. The molecule has 0 heterocycles. The molecule has 0 saturated heterocycles. The van der Waals surface area contributed by atoms with Crippen molar-refractivity contribution < 1.29 is 22.7 Å². The Balaban J connectivity index is 2.02. The number of nitrogens with one attached hydrogen (secondary N) is 2. The summed E-state index contributed by atoms with van der Waals surface area (Å²) in [4.78, 5) is 24.3. The van der Waals surface area contributed by atoms with Gasteiger partial charge in [-0.15, -0.1) is 0 Å². The van der Waals surface area contributed by atoms with Crippen molar-refractivity contribution in [3.05, 3.63) is 59.1 Å². The summed E-state index contributed by atoms with van der Waals surface area (Å²) in [5.74, 6) is -1.28. The van der Waals surface area contributed by atoms with Crippen LogP contribution in [0.2, 0.25) is 5.02 Å². The van der Waals surface area contributed by atoms with E-state index in [4.69, 9.17) is 16.3 Å². The van der Waals surface area contributed by atoms with E-state index in [9.17, 15) is 18.0 Å². The van der Waals surface area contributed by atoms with E-state index in [1.54, 1.807) is 24.3 Å². The number of rotatable bonds is 6. The van der Waals surface area contributed by atoms with Crippen molar-refractivity contribution in [3.63, 3.8) is 0 Å². The summed E-state index contributed by atoms with van der Waals surface area (Å²) in [5, 5.41) is 3.05. The molecule has 2 aromatic carbocycles. The first-order valence-electron chi connectivity index (χ1n) is 7.49. The topological polar surface area (TPSA) is 102 Å². The molecule has 2 N–H and O–H groups in total. The third-order valence-corrected chi connectivity index (χ3v) is 3.99. The molecule has 0 aliphatic rings. The molecule has 0 fully saturated rings. The summed E-state index contributed by atoms with van der Waals surface area (Å²) in [6.07, 6.45) is -0.0618. The van der Waals surface area contributed by atoms with Gasteiger partial charge in [-0.1, -0.05) is 23.7 Å². The Morgan fingerprint density at radius 2 is 1.73 bits per heavy atom. The number of esters is 1. The van der Waals surface area contributed by atoms with Gasteiger partial charge < -0.3 is 10.1 Å². The molecule has 0 spiro atoms. The summed E-state index contributed by atoms with van der Waals surface area (Å²) in [6, 6.07) is 12.3. The van der Waals surface area contributed by atoms with Crippen LogP contribution >= 0.6 is 11.6 Å². The summed E-state index contributed by atoms with van der Waals surface area (Å²) in [7, 11) is -3.47. The maximum absolute atomic E-state index is 12.2. The van der Waals surface area contributed by atoms with Crippen molar-refractivity contribution >= 4 is 44.9 Å². The zero-order valence-corrected chi connectivity index (χ0v) is 15.6. The average molecular weight is 397 g/mol. The molecule has 2 rings (SSSR count). The third kappa shape index (κ3) is 6.05. The Hall–Kier alpha value is -2.58. The molecule has 2 aromatic rings. The highest BCUT2D eigenvalue weighted by atomic mass is 35.5. The molecule has 1 atom stereocenters. The standard InChI is InChI=1S/C17H17ClN2O5S/c1-11(16(21)19-14-7-4-6-13(18)10-14)25-17(22)12-5-3-8-15(9-12)20-26(2,23)24/h3-11,20H,1-2H3,(H,19,21)/t11-/m1/s1. The van der Waals surface area contributed by atoms with Crippen LogP contribution in [0.4, 0.5) is 11.4 Å². The van der Waals surface area contributed by atoms with E-state index in [-0.39, 0.29) is 11.3 Å². The largest absolute Gasteiger partial charge is 0.449 e. The third-order valence-electron chi connectivity index (χ3n) is 3.15. The minimum absolute atomic E-state index is 0.112. The van der Waals surface area contributed by atoms with E-state index < -0.39 is 28.0 Å². The van der Waals surface area contributed by atoms with Crippen molar-refractivity contribution in [2.24, 2.45) is 0 Å². The van der Waals surface area contributed by atoms with Crippen LogP contribution in [0.3, 0.4) is 0 Å². The number of halogens is 1. The van der Waals surface area contributed by atoms with Gasteiger partial charge in [0.15, 0.2) is 6.10 Å². The van der Waals surface area contributed by atoms with Crippen molar-refractivity contribution in [1.29, 1.82) is 0 Å². The van der Waals surface area contributed by atoms with Crippen LogP contribution in [0.5, 0.6) is 0 Å². The van der Waals surface area contributed by atoms with Crippen molar-refractivity contribution in [1.82, 2.24) is 0 Å². The second kappa shape index (κ2) is 8.20. The molecule has 0 aliphatic heterocycles. The number of ether oxygens (including phenoxy) is 1. The predicted octanol–water partition coefficient (Wildman–Crippen LogP) is 2.90. The van der Waals surface area contributed by atoms with Gasteiger partial charge in [-0.25, -0.2) is 13.2 Å². The smallest absolute Gasteiger partial charge is 0.338 e. The van der Waals surface area contributed by atoms with Gasteiger partial charge in [0.25, 0.3) is 5.91 Å². The van der Waals surface area contributed by atoms with E-state index in [1.165, 1.54) is 31.2 Å². The first kappa shape index (κ1) is 19.7. The van der Waals surface area contributed by atoms with Gasteiger partial charge >= 0.3 is 5.97 Å². The number of hydrogen-bond acceptors (Lipinski definition) is 5. The summed E-state index contributed by atoms with van der Waals surface area (Å²) in [6.45, 7) is 1.43. The number of benzene rings is 2. The maximum Gasteiger partial charge on any atom is 0.338 e. The normalized spacial score (nSPS) is 12.1. The molecule has 0 unspecified atom stereocenters. The molecule has 0 aromatic heterocycles. The average Bonchev–Trinajstić information content (AvgIpc) is 2.53. The van der Waals surface area contributed by atoms with E-state index >= 15 is 0 Å². The Morgan fingerprint density at radius 1 is 1.08 bits per heavy atom. The fraction of sp³-hybridized carbons (Fsp3) is 0.176. The lowest BCUT2D eigenvalue weighted by atomic mass is 10.2. The minimum Gasteiger partial charge on any atom is -0.449 e. The van der Waals surface area contributed by atoms with Crippen LogP contribution < -0.4 is 10.0 Å². The molecule has 0 saturated carbocycles. The second-order valence-corrected chi connectivity index (χ2v) is 7.69. The van der Waals surface area contributed by atoms with Crippen LogP contribution in [0.25, 0.3) is 0 Å². The monoisotopic (exact) mass is 396 g/mol. The molecule has 0 aliphatic carbocycles. The first-order valence-corrected chi connectivity index (χ1v) is 9.76. The number of carbonyl (C=O) groups excluding carboxylic acids is 2. The molecule has 0 bridgehead atoms. The highest BCUT2D eigenvalue weighted by Gasteiger charge is 2.19. The summed E-state index contributed by atoms with van der Waals surface area (Å²) >= 11 is 5.85. The highest BCUT2D eigenvalue weighted by molar-refractivity contribution is 7.92. The molecule has 9 heteroatoms. The molecular weight excluding hydrogens is 380 g/mol. The van der Waals surface area contributed by atoms with Gasteiger partial charge in [-0.3, -0.25) is 9.52 Å². The molecule has 1 amide bonds. The van der Waals surface area contributed by atoms with Gasteiger partial charge in [0.2, 0.25) is 10.0 Å². The van der Waals surface area contributed by atoms with E-state index in [1.807, 2.05) is 0 Å². The first-order chi connectivity index (χ1) is 12.1. The van der Waals surface area contributed by atoms with E-state index in [0.717, 1.165) is 6.26 Å². The SMILES string of the molecule is C[C@@H](OC(=O)c1cccc(NS(C)(=O)=O)c1)C(=O)Nc1cccc(Cl)c1. The number of hydrogen-bond donors (Lipinski definition) is 2. The lowest BCUT2D eigenvalue weighted by molar-refractivity contribution is -0.123. The minimum atomic E-state index is -3.47. The molecular formula is C17H17ClN2O5S. The zero-order valence-electron chi connectivity index (χ0n) is 14.0. The summed E-state index contributed by atoms with van der Waals surface area (Å²) in [5.41, 5.74) is 0.809. The number of carbonyl (C=O) groups is 2. The Bertz CT molecular complexity index is 930. The molecule has 0 radical (unpaired) electrons. The molecule has 26 heavy (non-hydrogen) atoms. The van der Waals surface area contributed by atoms with Crippen LogP contribution in [0.15, 0.2) is 48.5 Å². The predicted molar refractivity (Wildman–Crippen MR) is 99.9 cm³/mol. The van der Waals surface area contributed by atoms with Crippen molar-refractivity contribution in [3.8, 4) is 0 Å². The fourth-order valence-electron chi connectivity index (χ4n) is 2.02. The molecule has 7 nitrogen and oxygen atoms in total. The number of anilines is 2. The van der Waals surface area contributed by atoms with Crippen LogP contribution in [0.1, 0.15) is 17.3 Å². The lowest BCUT2D eigenvalue weighted by Gasteiger charge is -2.14. The van der Waals surface area contributed by atoms with Gasteiger partial charge in [0.05, 0.1) is 11.8 Å². The van der Waals surface area contributed by atoms with Gasteiger partial charge in [0, 0.05) is 16.4 Å². The molecule has 138 valence electrons. The van der Waals surface area contributed by atoms with Crippen molar-refractivity contribution in [2.45, 2.75) is 13.0 Å².